The second-order valence-corrected chi connectivity index (χ2v) is 3.78. The first-order valence-electron chi connectivity index (χ1n) is 4.59. The Morgan fingerprint density at radius 1 is 1.38 bits per heavy atom. The Bertz CT molecular complexity index is 288. The van der Waals surface area contributed by atoms with Crippen LogP contribution in [-0.2, 0) is 0 Å². The number of furan rings is 1. The summed E-state index contributed by atoms with van der Waals surface area (Å²) in [6.45, 7) is 1.86. The highest BCUT2D eigenvalue weighted by Gasteiger charge is 2.35. The van der Waals surface area contributed by atoms with Crippen molar-refractivity contribution in [1.82, 2.24) is 0 Å². The fraction of sp³-hybridized carbons (Fsp3) is 0.600. The number of aryl methyl sites for hydroxylation is 1. The van der Waals surface area contributed by atoms with Crippen LogP contribution in [0.4, 0.5) is 0 Å². The largest absolute Gasteiger partial charge is 0.472 e. The van der Waals surface area contributed by atoms with Gasteiger partial charge < -0.3 is 14.6 Å². The lowest BCUT2D eigenvalue weighted by Crippen LogP contribution is -2.20. The van der Waals surface area contributed by atoms with E-state index < -0.39 is 12.2 Å². The van der Waals surface area contributed by atoms with Crippen LogP contribution in [0.2, 0.25) is 0 Å². The van der Waals surface area contributed by atoms with Crippen LogP contribution in [0.5, 0.6) is 0 Å². The van der Waals surface area contributed by atoms with E-state index in [1.54, 1.807) is 6.26 Å². The van der Waals surface area contributed by atoms with E-state index in [-0.39, 0.29) is 5.92 Å². The molecule has 1 aromatic heterocycles. The highest BCUT2D eigenvalue weighted by atomic mass is 16.3. The van der Waals surface area contributed by atoms with Crippen molar-refractivity contribution in [3.63, 3.8) is 0 Å². The van der Waals surface area contributed by atoms with Crippen LogP contribution in [0.25, 0.3) is 0 Å². The quantitative estimate of drug-likeness (QED) is 0.742. The average molecular weight is 182 g/mol. The number of rotatable bonds is 3. The molecule has 2 N–H and O–H groups in total. The number of hydrogen-bond acceptors (Lipinski definition) is 3. The predicted molar refractivity (Wildman–Crippen MR) is 47.1 cm³/mol. The minimum absolute atomic E-state index is 0.282. The van der Waals surface area contributed by atoms with Gasteiger partial charge in [0.2, 0.25) is 0 Å². The zero-order chi connectivity index (χ0) is 9.42. The lowest BCUT2D eigenvalue weighted by atomic mass is 10.0. The van der Waals surface area contributed by atoms with Crippen LogP contribution in [-0.4, -0.2) is 16.3 Å². The monoisotopic (exact) mass is 182 g/mol. The van der Waals surface area contributed by atoms with Gasteiger partial charge in [-0.05, 0) is 31.2 Å². The molecule has 72 valence electrons. The van der Waals surface area contributed by atoms with Crippen molar-refractivity contribution in [1.29, 1.82) is 0 Å². The van der Waals surface area contributed by atoms with Crippen molar-refractivity contribution < 1.29 is 14.6 Å². The molecule has 1 fully saturated rings. The van der Waals surface area contributed by atoms with E-state index in [1.807, 2.05) is 6.92 Å². The summed E-state index contributed by atoms with van der Waals surface area (Å²) in [5, 5.41) is 19.4. The van der Waals surface area contributed by atoms with Crippen molar-refractivity contribution in [2.24, 2.45) is 5.92 Å². The van der Waals surface area contributed by atoms with Gasteiger partial charge in [-0.2, -0.15) is 0 Å². The summed E-state index contributed by atoms with van der Waals surface area (Å²) in [6.07, 6.45) is 3.72. The molecule has 1 saturated carbocycles. The molecule has 1 aromatic rings. The van der Waals surface area contributed by atoms with E-state index in [0.717, 1.165) is 18.4 Å². The van der Waals surface area contributed by atoms with E-state index in [0.29, 0.717) is 5.56 Å². The third kappa shape index (κ3) is 1.62. The number of hydrogen-bond donors (Lipinski definition) is 2. The molecule has 0 aliphatic heterocycles. The van der Waals surface area contributed by atoms with Gasteiger partial charge in [0.15, 0.2) is 0 Å². The maximum absolute atomic E-state index is 9.76. The van der Waals surface area contributed by atoms with Gasteiger partial charge in [0.25, 0.3) is 0 Å². The van der Waals surface area contributed by atoms with Gasteiger partial charge in [0, 0.05) is 5.56 Å². The molecule has 0 saturated heterocycles. The summed E-state index contributed by atoms with van der Waals surface area (Å²) in [5.74, 6) is 0.282. The van der Waals surface area contributed by atoms with Crippen LogP contribution < -0.4 is 0 Å². The Morgan fingerprint density at radius 2 is 2.08 bits per heavy atom. The molecule has 1 aliphatic rings. The third-order valence-electron chi connectivity index (χ3n) is 2.64. The summed E-state index contributed by atoms with van der Waals surface area (Å²) in [4.78, 5) is 0. The highest BCUT2D eigenvalue weighted by Crippen LogP contribution is 2.38. The molecule has 2 unspecified atom stereocenters. The Hall–Kier alpha value is -0.800. The van der Waals surface area contributed by atoms with E-state index in [2.05, 4.69) is 0 Å². The van der Waals surface area contributed by atoms with Crippen molar-refractivity contribution in [2.75, 3.05) is 0 Å². The maximum atomic E-state index is 9.76. The molecule has 0 spiro atoms. The van der Waals surface area contributed by atoms with E-state index in [4.69, 9.17) is 4.42 Å². The first-order chi connectivity index (χ1) is 6.20. The second-order valence-electron chi connectivity index (χ2n) is 3.78. The minimum Gasteiger partial charge on any atom is -0.472 e. The molecule has 0 aromatic carbocycles. The standard InChI is InChI=1S/C10H14O3/c1-6-4-13-5-8(6)10(12)9(11)7-2-3-7/h4-5,7,9-12H,2-3H2,1H3. The van der Waals surface area contributed by atoms with E-state index in [1.165, 1.54) is 6.26 Å². The summed E-state index contributed by atoms with van der Waals surface area (Å²) >= 11 is 0. The first kappa shape index (κ1) is 8.78. The smallest absolute Gasteiger partial charge is 0.108 e. The molecule has 1 aliphatic carbocycles. The van der Waals surface area contributed by atoms with Crippen LogP contribution in [0.1, 0.15) is 30.1 Å². The van der Waals surface area contributed by atoms with Crippen LogP contribution in [0.3, 0.4) is 0 Å². The summed E-state index contributed by atoms with van der Waals surface area (Å²) in [6, 6.07) is 0. The highest BCUT2D eigenvalue weighted by molar-refractivity contribution is 5.23. The second kappa shape index (κ2) is 3.16. The first-order valence-corrected chi connectivity index (χ1v) is 4.59. The van der Waals surface area contributed by atoms with Gasteiger partial charge in [-0.3, -0.25) is 0 Å². The summed E-state index contributed by atoms with van der Waals surface area (Å²) in [5.41, 5.74) is 1.60. The van der Waals surface area contributed by atoms with E-state index >= 15 is 0 Å². The van der Waals surface area contributed by atoms with Crippen LogP contribution >= 0.6 is 0 Å². The Balaban J connectivity index is 2.11. The molecular weight excluding hydrogens is 168 g/mol. The maximum Gasteiger partial charge on any atom is 0.108 e. The molecule has 0 amide bonds. The third-order valence-corrected chi connectivity index (χ3v) is 2.64. The van der Waals surface area contributed by atoms with E-state index in [9.17, 15) is 10.2 Å². The Morgan fingerprint density at radius 3 is 2.54 bits per heavy atom. The van der Waals surface area contributed by atoms with Gasteiger partial charge >= 0.3 is 0 Å². The van der Waals surface area contributed by atoms with Crippen LogP contribution in [0, 0.1) is 12.8 Å². The molecule has 0 bridgehead atoms. The fourth-order valence-electron chi connectivity index (χ4n) is 1.55. The minimum atomic E-state index is -0.786. The molecule has 0 radical (unpaired) electrons. The number of aliphatic hydroxyl groups excluding tert-OH is 2. The molecular formula is C10H14O3. The fourth-order valence-corrected chi connectivity index (χ4v) is 1.55. The summed E-state index contributed by atoms with van der Waals surface area (Å²) in [7, 11) is 0. The SMILES string of the molecule is Cc1cocc1C(O)C(O)C1CC1. The molecule has 2 atom stereocenters. The predicted octanol–water partition coefficient (Wildman–Crippen LogP) is 1.39. The molecule has 2 rings (SSSR count). The van der Waals surface area contributed by atoms with Gasteiger partial charge in [-0.25, -0.2) is 0 Å². The lowest BCUT2D eigenvalue weighted by Gasteiger charge is -2.16. The van der Waals surface area contributed by atoms with Gasteiger partial charge in [-0.15, -0.1) is 0 Å². The zero-order valence-corrected chi connectivity index (χ0v) is 7.60. The van der Waals surface area contributed by atoms with Crippen molar-refractivity contribution in [2.45, 2.75) is 32.0 Å². The molecule has 3 heteroatoms. The number of aliphatic hydroxyl groups is 2. The van der Waals surface area contributed by atoms with Crippen molar-refractivity contribution in [3.05, 3.63) is 23.7 Å². The van der Waals surface area contributed by atoms with Crippen molar-refractivity contribution >= 4 is 0 Å². The normalized spacial score (nSPS) is 21.5. The molecule has 1 heterocycles. The van der Waals surface area contributed by atoms with Gasteiger partial charge in [-0.1, -0.05) is 0 Å². The van der Waals surface area contributed by atoms with Gasteiger partial charge in [0.05, 0.1) is 18.6 Å². The Kier molecular flexibility index (Phi) is 2.14. The van der Waals surface area contributed by atoms with Crippen molar-refractivity contribution in [3.8, 4) is 0 Å². The van der Waals surface area contributed by atoms with Crippen LogP contribution in [0.15, 0.2) is 16.9 Å². The Labute approximate surface area is 77.0 Å². The molecule has 13 heavy (non-hydrogen) atoms. The molecule has 3 nitrogen and oxygen atoms in total. The zero-order valence-electron chi connectivity index (χ0n) is 7.60. The topological polar surface area (TPSA) is 53.6 Å². The average Bonchev–Trinajstić information content (AvgIpc) is 2.87. The summed E-state index contributed by atoms with van der Waals surface area (Å²) < 4.78 is 4.95. The van der Waals surface area contributed by atoms with Gasteiger partial charge in [0.1, 0.15) is 6.10 Å². The lowest BCUT2D eigenvalue weighted by molar-refractivity contribution is 0.00423.